The predicted octanol–water partition coefficient (Wildman–Crippen LogP) is 5.61. The van der Waals surface area contributed by atoms with Crippen LogP contribution in [0.2, 0.25) is 0 Å². The van der Waals surface area contributed by atoms with E-state index in [0.29, 0.717) is 34.3 Å². The van der Waals surface area contributed by atoms with Crippen molar-refractivity contribution in [3.8, 4) is 17.2 Å². The van der Waals surface area contributed by atoms with E-state index in [1.54, 1.807) is 48.7 Å². The van der Waals surface area contributed by atoms with Gasteiger partial charge in [0.1, 0.15) is 12.4 Å². The Morgan fingerprint density at radius 1 is 1.14 bits per heavy atom. The van der Waals surface area contributed by atoms with Gasteiger partial charge in [0.2, 0.25) is 5.82 Å². The molecule has 2 heterocycles. The highest BCUT2D eigenvalue weighted by Gasteiger charge is 2.28. The van der Waals surface area contributed by atoms with Crippen LogP contribution in [-0.2, 0) is 0 Å². The number of nitrogens with zero attached hydrogens (tertiary/aromatic N) is 3. The molecule has 0 radical (unpaired) electrons. The number of allylic oxidation sites excluding steroid dienone is 1. The molecular weight excluding hydrogens is 446 g/mol. The van der Waals surface area contributed by atoms with Crippen LogP contribution in [0.5, 0.6) is 17.2 Å². The Hall–Kier alpha value is -3.88. The minimum absolute atomic E-state index is 0.249. The number of rotatable bonds is 12. The maximum atomic E-state index is 12.8. The van der Waals surface area contributed by atoms with Crippen molar-refractivity contribution < 1.29 is 19.0 Å². The van der Waals surface area contributed by atoms with Crippen molar-refractivity contribution in [2.75, 3.05) is 11.9 Å². The average Bonchev–Trinajstić information content (AvgIpc) is 3.43. The molecule has 1 unspecified atom stereocenters. The number of unbranched alkanes of at least 4 members (excludes halogenated alkanes) is 6. The van der Waals surface area contributed by atoms with Crippen molar-refractivity contribution in [3.05, 3.63) is 66.2 Å². The largest absolute Gasteiger partial charge is 0.485 e. The average molecular weight is 478 g/mol. The molecule has 35 heavy (non-hydrogen) atoms. The van der Waals surface area contributed by atoms with Crippen molar-refractivity contribution in [2.24, 2.45) is 0 Å². The number of hydrogen-bond acceptors (Lipinski definition) is 7. The van der Waals surface area contributed by atoms with E-state index in [0.717, 1.165) is 6.42 Å². The van der Waals surface area contributed by atoms with E-state index in [1.807, 2.05) is 6.08 Å². The maximum absolute atomic E-state index is 12.8. The highest BCUT2D eigenvalue weighted by Crippen LogP contribution is 2.41. The number of benzene rings is 2. The number of hydrogen-bond donors (Lipinski definition) is 2. The summed E-state index contributed by atoms with van der Waals surface area (Å²) >= 11 is 0. The molecule has 1 aromatic heterocycles. The molecule has 184 valence electrons. The van der Waals surface area contributed by atoms with E-state index in [2.05, 4.69) is 32.9 Å². The molecule has 0 bridgehead atoms. The van der Waals surface area contributed by atoms with Crippen molar-refractivity contribution in [1.29, 1.82) is 0 Å². The van der Waals surface area contributed by atoms with Gasteiger partial charge >= 0.3 is 0 Å². The number of para-hydroxylation sites is 1. The van der Waals surface area contributed by atoms with Crippen LogP contribution in [0.1, 0.15) is 74.2 Å². The number of nitrogens with one attached hydrogen (secondary N) is 2. The monoisotopic (exact) mass is 477 g/mol. The Kier molecular flexibility index (Phi) is 8.69. The Labute approximate surface area is 204 Å². The predicted molar refractivity (Wildman–Crippen MR) is 132 cm³/mol. The fourth-order valence-corrected chi connectivity index (χ4v) is 3.74. The maximum Gasteiger partial charge on any atom is 0.255 e. The molecule has 9 nitrogen and oxygen atoms in total. The first-order valence-electron chi connectivity index (χ1n) is 12.1. The molecule has 0 saturated carbocycles. The molecule has 0 spiro atoms. The first-order chi connectivity index (χ1) is 17.2. The summed E-state index contributed by atoms with van der Waals surface area (Å²) in [5.41, 5.74) is 0.996. The summed E-state index contributed by atoms with van der Waals surface area (Å²) in [6, 6.07) is 12.3. The van der Waals surface area contributed by atoms with Crippen molar-refractivity contribution in [3.63, 3.8) is 0 Å². The molecule has 2 N–H and O–H groups in total. The van der Waals surface area contributed by atoms with E-state index in [-0.39, 0.29) is 12.5 Å². The van der Waals surface area contributed by atoms with Gasteiger partial charge in [-0.2, -0.15) is 5.21 Å². The molecule has 3 aromatic rings. The zero-order valence-corrected chi connectivity index (χ0v) is 19.9. The minimum Gasteiger partial charge on any atom is -0.485 e. The van der Waals surface area contributed by atoms with Gasteiger partial charge in [0.15, 0.2) is 17.6 Å². The fraction of sp³-hybridized carbons (Fsp3) is 0.385. The quantitative estimate of drug-likeness (QED) is 0.258. The molecule has 1 amide bonds. The Morgan fingerprint density at radius 2 is 1.97 bits per heavy atom. The van der Waals surface area contributed by atoms with Gasteiger partial charge in [0.25, 0.3) is 5.91 Å². The highest BCUT2D eigenvalue weighted by molar-refractivity contribution is 6.05. The van der Waals surface area contributed by atoms with Crippen LogP contribution in [0.25, 0.3) is 0 Å². The molecule has 1 atom stereocenters. The number of aromatic nitrogens is 4. The number of carbonyl (C=O) groups is 1. The molecule has 1 aliphatic heterocycles. The first kappa shape index (κ1) is 24.3. The lowest BCUT2D eigenvalue weighted by Gasteiger charge is -2.26. The van der Waals surface area contributed by atoms with Gasteiger partial charge in [-0.05, 0) is 55.3 Å². The summed E-state index contributed by atoms with van der Waals surface area (Å²) in [4.78, 5) is 12.8. The van der Waals surface area contributed by atoms with Crippen molar-refractivity contribution >= 4 is 11.6 Å². The number of amides is 1. The molecule has 0 aliphatic carbocycles. The fourth-order valence-electron chi connectivity index (χ4n) is 3.74. The lowest BCUT2D eigenvalue weighted by molar-refractivity contribution is 0.0856. The van der Waals surface area contributed by atoms with Gasteiger partial charge < -0.3 is 19.5 Å². The molecule has 9 heteroatoms. The van der Waals surface area contributed by atoms with Crippen LogP contribution in [-0.4, -0.2) is 33.1 Å². The third-order valence-electron chi connectivity index (χ3n) is 5.67. The molecule has 2 aromatic carbocycles. The number of H-pyrrole nitrogens is 1. The van der Waals surface area contributed by atoms with E-state index < -0.39 is 6.10 Å². The van der Waals surface area contributed by atoms with Crippen LogP contribution in [0.3, 0.4) is 0 Å². The zero-order chi connectivity index (χ0) is 24.3. The second-order valence-electron chi connectivity index (χ2n) is 8.34. The summed E-state index contributed by atoms with van der Waals surface area (Å²) in [7, 11) is 0. The highest BCUT2D eigenvalue weighted by atomic mass is 16.6. The van der Waals surface area contributed by atoms with Crippen LogP contribution in [0, 0.1) is 0 Å². The van der Waals surface area contributed by atoms with E-state index in [4.69, 9.17) is 14.2 Å². The number of tetrazole rings is 1. The smallest absolute Gasteiger partial charge is 0.255 e. The minimum atomic E-state index is -0.523. The Morgan fingerprint density at radius 3 is 2.77 bits per heavy atom. The molecular formula is C26H31N5O4. The third-order valence-corrected chi connectivity index (χ3v) is 5.67. The van der Waals surface area contributed by atoms with Crippen LogP contribution in [0.4, 0.5) is 5.69 Å². The second-order valence-corrected chi connectivity index (χ2v) is 8.34. The first-order valence-corrected chi connectivity index (χ1v) is 12.1. The van der Waals surface area contributed by atoms with E-state index >= 15 is 0 Å². The van der Waals surface area contributed by atoms with E-state index in [1.165, 1.54) is 38.5 Å². The third kappa shape index (κ3) is 6.81. The number of ether oxygens (including phenoxy) is 3. The molecule has 1 aliphatic rings. The Bertz CT molecular complexity index is 1100. The van der Waals surface area contributed by atoms with Crippen LogP contribution >= 0.6 is 0 Å². The van der Waals surface area contributed by atoms with Gasteiger partial charge in [-0.3, -0.25) is 4.79 Å². The summed E-state index contributed by atoms with van der Waals surface area (Å²) in [6.45, 7) is 2.48. The van der Waals surface area contributed by atoms with Crippen molar-refractivity contribution in [2.45, 2.75) is 58.0 Å². The summed E-state index contributed by atoms with van der Waals surface area (Å²) in [5, 5.41) is 16.8. The summed E-state index contributed by atoms with van der Waals surface area (Å²) in [5.74, 6) is 1.76. The van der Waals surface area contributed by atoms with Gasteiger partial charge in [0, 0.05) is 5.56 Å². The van der Waals surface area contributed by atoms with Crippen LogP contribution in [0.15, 0.2) is 54.8 Å². The second kappa shape index (κ2) is 12.5. The standard InChI is InChI=1S/C26H31N5O4/c1-2-3-4-5-6-7-8-9-17-33-20-15-13-19(14-16-20)26(32)27-21-11-10-12-22-24(21)35-23(18-34-22)25-28-30-31-29-25/h9-17,23H,2-8,18H2,1H3,(H,27,32)(H,28,29,30,31)/b17-9+. The summed E-state index contributed by atoms with van der Waals surface area (Å²) in [6.07, 6.45) is 11.9. The van der Waals surface area contributed by atoms with Gasteiger partial charge in [-0.25, -0.2) is 0 Å². The van der Waals surface area contributed by atoms with Crippen molar-refractivity contribution in [1.82, 2.24) is 20.6 Å². The number of anilines is 1. The van der Waals surface area contributed by atoms with E-state index in [9.17, 15) is 4.79 Å². The molecule has 4 rings (SSSR count). The lowest BCUT2D eigenvalue weighted by atomic mass is 10.1. The normalized spacial score (nSPS) is 14.7. The Balaban J connectivity index is 1.28. The van der Waals surface area contributed by atoms with Gasteiger partial charge in [-0.15, -0.1) is 10.2 Å². The SMILES string of the molecule is CCCCCCCC/C=C/Oc1ccc(C(=O)Nc2cccc3c2OC(c2nn[nH]n2)CO3)cc1. The number of aromatic amines is 1. The molecule has 0 saturated heterocycles. The summed E-state index contributed by atoms with van der Waals surface area (Å²) < 4.78 is 17.4. The van der Waals surface area contributed by atoms with Gasteiger partial charge in [0.05, 0.1) is 11.9 Å². The lowest BCUT2D eigenvalue weighted by Crippen LogP contribution is -2.24. The topological polar surface area (TPSA) is 111 Å². The number of carbonyl (C=O) groups excluding carboxylic acids is 1. The zero-order valence-electron chi connectivity index (χ0n) is 19.9. The number of fused-ring (bicyclic) bond motifs is 1. The van der Waals surface area contributed by atoms with Crippen LogP contribution < -0.4 is 19.5 Å². The van der Waals surface area contributed by atoms with Gasteiger partial charge in [-0.1, -0.05) is 50.3 Å². The molecule has 0 fully saturated rings.